The zero-order valence-electron chi connectivity index (χ0n) is 16.2. The number of carbonyl (C=O) groups excluding carboxylic acids is 1. The number of nitrogens with one attached hydrogen (secondary N) is 1. The number of rotatable bonds is 6. The first-order chi connectivity index (χ1) is 13.4. The monoisotopic (exact) mass is 402 g/mol. The van der Waals surface area contributed by atoms with Gasteiger partial charge in [-0.1, -0.05) is 30.7 Å². The van der Waals surface area contributed by atoms with Crippen LogP contribution in [-0.2, 0) is 14.8 Å². The molecule has 6 nitrogen and oxygen atoms in total. The molecule has 150 valence electrons. The Morgan fingerprint density at radius 1 is 1.18 bits per heavy atom. The van der Waals surface area contributed by atoms with Gasteiger partial charge in [0.05, 0.1) is 17.7 Å². The molecule has 1 unspecified atom stereocenters. The van der Waals surface area contributed by atoms with Crippen molar-refractivity contribution in [2.24, 2.45) is 0 Å². The summed E-state index contributed by atoms with van der Waals surface area (Å²) in [4.78, 5) is 12.9. The van der Waals surface area contributed by atoms with Crippen molar-refractivity contribution in [3.05, 3.63) is 54.1 Å². The van der Waals surface area contributed by atoms with Crippen molar-refractivity contribution in [2.45, 2.75) is 43.5 Å². The zero-order valence-corrected chi connectivity index (χ0v) is 17.0. The van der Waals surface area contributed by atoms with Crippen molar-refractivity contribution < 1.29 is 17.9 Å². The molecule has 3 rings (SSSR count). The minimum Gasteiger partial charge on any atom is -0.495 e. The molecule has 1 heterocycles. The molecule has 0 aliphatic carbocycles. The lowest BCUT2D eigenvalue weighted by Crippen LogP contribution is -2.45. The number of piperidine rings is 1. The minimum atomic E-state index is -3.62. The van der Waals surface area contributed by atoms with Crippen LogP contribution in [0.1, 0.15) is 31.2 Å². The van der Waals surface area contributed by atoms with Crippen molar-refractivity contribution in [1.82, 2.24) is 4.31 Å². The second-order valence-electron chi connectivity index (χ2n) is 7.03. The van der Waals surface area contributed by atoms with Gasteiger partial charge in [0.25, 0.3) is 0 Å². The fourth-order valence-corrected chi connectivity index (χ4v) is 5.27. The van der Waals surface area contributed by atoms with E-state index in [-0.39, 0.29) is 23.3 Å². The molecule has 0 saturated carbocycles. The summed E-state index contributed by atoms with van der Waals surface area (Å²) in [7, 11) is -2.07. The summed E-state index contributed by atoms with van der Waals surface area (Å²) in [6.07, 6.45) is 2.50. The van der Waals surface area contributed by atoms with Crippen LogP contribution in [0.25, 0.3) is 0 Å². The van der Waals surface area contributed by atoms with Gasteiger partial charge in [-0.05, 0) is 49.6 Å². The van der Waals surface area contributed by atoms with E-state index in [2.05, 4.69) is 5.32 Å². The smallest absolute Gasteiger partial charge is 0.243 e. The number of methoxy groups -OCH3 is 1. The number of hydrogen-bond donors (Lipinski definition) is 1. The Kier molecular flexibility index (Phi) is 6.36. The van der Waals surface area contributed by atoms with E-state index in [0.717, 1.165) is 18.4 Å². The van der Waals surface area contributed by atoms with Gasteiger partial charge in [0.1, 0.15) is 5.75 Å². The number of sulfonamides is 1. The molecule has 1 N–H and O–H groups in total. The molecule has 1 aliphatic rings. The molecule has 2 aromatic carbocycles. The van der Waals surface area contributed by atoms with E-state index in [0.29, 0.717) is 24.4 Å². The SMILES string of the molecule is COc1ccc(C)cc1NC(=O)CC1CCCCN1S(=O)(=O)c1ccccc1. The summed E-state index contributed by atoms with van der Waals surface area (Å²) in [5.74, 6) is 0.361. The summed E-state index contributed by atoms with van der Waals surface area (Å²) in [6, 6.07) is 13.6. The van der Waals surface area contributed by atoms with Crippen LogP contribution in [-0.4, -0.2) is 38.3 Å². The molecule has 0 spiro atoms. The van der Waals surface area contributed by atoms with Gasteiger partial charge in [-0.3, -0.25) is 4.79 Å². The van der Waals surface area contributed by atoms with E-state index in [1.807, 2.05) is 19.1 Å². The van der Waals surface area contributed by atoms with Gasteiger partial charge in [-0.15, -0.1) is 0 Å². The number of anilines is 1. The maximum atomic E-state index is 13.1. The third-order valence-corrected chi connectivity index (χ3v) is 6.94. The maximum absolute atomic E-state index is 13.1. The van der Waals surface area contributed by atoms with Crippen LogP contribution in [0.2, 0.25) is 0 Å². The normalized spacial score (nSPS) is 17.9. The highest BCUT2D eigenvalue weighted by Crippen LogP contribution is 2.29. The van der Waals surface area contributed by atoms with Gasteiger partial charge < -0.3 is 10.1 Å². The van der Waals surface area contributed by atoms with Crippen molar-refractivity contribution in [1.29, 1.82) is 0 Å². The van der Waals surface area contributed by atoms with Crippen LogP contribution < -0.4 is 10.1 Å². The van der Waals surface area contributed by atoms with Crippen molar-refractivity contribution in [3.8, 4) is 5.75 Å². The van der Waals surface area contributed by atoms with E-state index in [1.165, 1.54) is 4.31 Å². The summed E-state index contributed by atoms with van der Waals surface area (Å²) in [6.45, 7) is 2.37. The first-order valence-corrected chi connectivity index (χ1v) is 10.9. The molecule has 0 bridgehead atoms. The second kappa shape index (κ2) is 8.75. The number of ether oxygens (including phenoxy) is 1. The fraction of sp³-hybridized carbons (Fsp3) is 0.381. The Labute approximate surface area is 166 Å². The van der Waals surface area contributed by atoms with Crippen LogP contribution >= 0.6 is 0 Å². The average Bonchev–Trinajstić information content (AvgIpc) is 2.69. The number of hydrogen-bond acceptors (Lipinski definition) is 4. The van der Waals surface area contributed by atoms with Crippen LogP contribution in [0.3, 0.4) is 0 Å². The topological polar surface area (TPSA) is 75.7 Å². The number of benzene rings is 2. The van der Waals surface area contributed by atoms with E-state index in [4.69, 9.17) is 4.74 Å². The van der Waals surface area contributed by atoms with E-state index in [1.54, 1.807) is 43.5 Å². The van der Waals surface area contributed by atoms with Gasteiger partial charge in [-0.2, -0.15) is 4.31 Å². The molecule has 1 fully saturated rings. The summed E-state index contributed by atoms with van der Waals surface area (Å²) in [5.41, 5.74) is 1.60. The van der Waals surface area contributed by atoms with E-state index in [9.17, 15) is 13.2 Å². The highest BCUT2D eigenvalue weighted by Gasteiger charge is 2.34. The molecule has 0 radical (unpaired) electrons. The van der Waals surface area contributed by atoms with E-state index < -0.39 is 10.0 Å². The molecule has 2 aromatic rings. The standard InChI is InChI=1S/C21H26N2O4S/c1-16-11-12-20(27-2)19(14-16)22-21(24)15-17-8-6-7-13-23(17)28(25,26)18-9-4-3-5-10-18/h3-5,9-12,14,17H,6-8,13,15H2,1-2H3,(H,22,24). The quantitative estimate of drug-likeness (QED) is 0.801. The molecule has 7 heteroatoms. The second-order valence-corrected chi connectivity index (χ2v) is 8.93. The Morgan fingerprint density at radius 2 is 1.93 bits per heavy atom. The number of aryl methyl sites for hydroxylation is 1. The van der Waals surface area contributed by atoms with Gasteiger partial charge in [0.15, 0.2) is 0 Å². The van der Waals surface area contributed by atoms with Gasteiger partial charge >= 0.3 is 0 Å². The lowest BCUT2D eigenvalue weighted by Gasteiger charge is -2.34. The Balaban J connectivity index is 1.76. The van der Waals surface area contributed by atoms with Crippen LogP contribution in [0.15, 0.2) is 53.4 Å². The largest absolute Gasteiger partial charge is 0.495 e. The van der Waals surface area contributed by atoms with Crippen LogP contribution in [0.4, 0.5) is 5.69 Å². The average molecular weight is 403 g/mol. The molecular weight excluding hydrogens is 376 g/mol. The van der Waals surface area contributed by atoms with Crippen LogP contribution in [0.5, 0.6) is 5.75 Å². The van der Waals surface area contributed by atoms with Gasteiger partial charge in [0, 0.05) is 19.0 Å². The van der Waals surface area contributed by atoms with Crippen molar-refractivity contribution in [3.63, 3.8) is 0 Å². The lowest BCUT2D eigenvalue weighted by molar-refractivity contribution is -0.117. The highest BCUT2D eigenvalue weighted by molar-refractivity contribution is 7.89. The molecule has 28 heavy (non-hydrogen) atoms. The van der Waals surface area contributed by atoms with Crippen molar-refractivity contribution in [2.75, 3.05) is 19.0 Å². The Bertz CT molecular complexity index is 929. The molecule has 0 aromatic heterocycles. The summed E-state index contributed by atoms with van der Waals surface area (Å²) < 4.78 is 32.9. The first-order valence-electron chi connectivity index (χ1n) is 9.43. The molecular formula is C21H26N2O4S. The predicted octanol–water partition coefficient (Wildman–Crippen LogP) is 3.58. The summed E-state index contributed by atoms with van der Waals surface area (Å²) >= 11 is 0. The predicted molar refractivity (Wildman–Crippen MR) is 109 cm³/mol. The summed E-state index contributed by atoms with van der Waals surface area (Å²) in [5, 5.41) is 2.88. The van der Waals surface area contributed by atoms with Crippen molar-refractivity contribution >= 4 is 21.6 Å². The molecule has 1 atom stereocenters. The Hall–Kier alpha value is -2.38. The van der Waals surface area contributed by atoms with Gasteiger partial charge in [0.2, 0.25) is 15.9 Å². The number of amides is 1. The molecule has 1 amide bonds. The van der Waals surface area contributed by atoms with Crippen LogP contribution in [0, 0.1) is 6.92 Å². The minimum absolute atomic E-state index is 0.114. The highest BCUT2D eigenvalue weighted by atomic mass is 32.2. The third kappa shape index (κ3) is 4.54. The molecule has 1 aliphatic heterocycles. The number of nitrogens with zero attached hydrogens (tertiary/aromatic N) is 1. The third-order valence-electron chi connectivity index (χ3n) is 4.97. The van der Waals surface area contributed by atoms with Gasteiger partial charge in [-0.25, -0.2) is 8.42 Å². The first kappa shape index (κ1) is 20.4. The zero-order chi connectivity index (χ0) is 20.1. The van der Waals surface area contributed by atoms with E-state index >= 15 is 0 Å². The maximum Gasteiger partial charge on any atom is 0.243 e. The Morgan fingerprint density at radius 3 is 2.64 bits per heavy atom. The number of carbonyl (C=O) groups is 1. The lowest BCUT2D eigenvalue weighted by atomic mass is 10.0. The fourth-order valence-electron chi connectivity index (χ4n) is 3.56. The molecule has 1 saturated heterocycles.